The Morgan fingerprint density at radius 3 is 2.88 bits per heavy atom. The highest BCUT2D eigenvalue weighted by molar-refractivity contribution is 8.00. The van der Waals surface area contributed by atoms with Crippen LogP contribution in [-0.2, 0) is 20.9 Å². The van der Waals surface area contributed by atoms with Crippen molar-refractivity contribution in [2.75, 3.05) is 45.3 Å². The first-order valence-electron chi connectivity index (χ1n) is 11.8. The average Bonchev–Trinajstić information content (AvgIpc) is 3.54. The molecule has 0 bridgehead atoms. The monoisotopic (exact) mass is 503 g/mol. The maximum atomic E-state index is 13.1. The predicted molar refractivity (Wildman–Crippen MR) is 138 cm³/mol. The van der Waals surface area contributed by atoms with Crippen molar-refractivity contribution in [3.05, 3.63) is 40.9 Å². The van der Waals surface area contributed by atoms with Gasteiger partial charge in [0.1, 0.15) is 6.61 Å². The van der Waals surface area contributed by atoms with E-state index in [0.717, 1.165) is 41.9 Å². The summed E-state index contributed by atoms with van der Waals surface area (Å²) in [5, 5.41) is 11.8. The van der Waals surface area contributed by atoms with Gasteiger partial charge in [-0.15, -0.1) is 23.1 Å². The molecular formula is C24H33N5O3S2. The minimum absolute atomic E-state index is 0.244. The minimum Gasteiger partial charge on any atom is -0.395 e. The van der Waals surface area contributed by atoms with Gasteiger partial charge < -0.3 is 14.9 Å². The number of benzene rings is 1. The maximum absolute atomic E-state index is 13.1. The SMILES string of the molecule is COCCCO/N=C(/C(=O)Nc1ncc(CN2CCN[C@H](C)C2)s1)c1ccc(SC2CC2)cc1. The molecule has 34 heavy (non-hydrogen) atoms. The van der Waals surface area contributed by atoms with Crippen molar-refractivity contribution in [2.24, 2.45) is 5.16 Å². The van der Waals surface area contributed by atoms with Gasteiger partial charge in [-0.2, -0.15) is 0 Å². The van der Waals surface area contributed by atoms with E-state index in [2.05, 4.69) is 32.6 Å². The molecule has 0 radical (unpaired) electrons. The molecule has 1 atom stereocenters. The number of nitrogens with zero attached hydrogens (tertiary/aromatic N) is 3. The number of nitrogens with one attached hydrogen (secondary N) is 2. The molecule has 8 nitrogen and oxygen atoms in total. The number of anilines is 1. The number of thioether (sulfide) groups is 1. The van der Waals surface area contributed by atoms with Crippen LogP contribution >= 0.6 is 23.1 Å². The van der Waals surface area contributed by atoms with Gasteiger partial charge in [-0.3, -0.25) is 15.0 Å². The largest absolute Gasteiger partial charge is 0.395 e. The van der Waals surface area contributed by atoms with Crippen LogP contribution in [0.15, 0.2) is 40.5 Å². The lowest BCUT2D eigenvalue weighted by atomic mass is 10.1. The van der Waals surface area contributed by atoms with Crippen LogP contribution in [0, 0.1) is 0 Å². The Bertz CT molecular complexity index is 962. The highest BCUT2D eigenvalue weighted by atomic mass is 32.2. The average molecular weight is 504 g/mol. The van der Waals surface area contributed by atoms with Crippen LogP contribution in [-0.4, -0.2) is 72.8 Å². The quantitative estimate of drug-likeness (QED) is 0.260. The summed E-state index contributed by atoms with van der Waals surface area (Å²) in [4.78, 5) is 27.7. The van der Waals surface area contributed by atoms with E-state index in [9.17, 15) is 4.79 Å². The van der Waals surface area contributed by atoms with E-state index >= 15 is 0 Å². The van der Waals surface area contributed by atoms with Crippen LogP contribution in [0.25, 0.3) is 0 Å². The summed E-state index contributed by atoms with van der Waals surface area (Å²) in [5.74, 6) is -0.328. The standard InChI is InChI=1S/C24H33N5O3S2/c1-17-15-29(11-10-25-17)16-21-14-26-24(34-21)27-23(30)22(28-32-13-3-12-31-2)18-4-6-19(7-5-18)33-20-8-9-20/h4-7,14,17,20,25H,3,8-13,15-16H2,1-2H3,(H,26,27,30)/b28-22+/t17-/m1/s1. The molecule has 2 aromatic rings. The summed E-state index contributed by atoms with van der Waals surface area (Å²) in [6, 6.07) is 8.43. The number of methoxy groups -OCH3 is 1. The van der Waals surface area contributed by atoms with Gasteiger partial charge in [0.25, 0.3) is 5.91 Å². The molecule has 2 heterocycles. The van der Waals surface area contributed by atoms with E-state index < -0.39 is 0 Å². The van der Waals surface area contributed by atoms with Crippen molar-refractivity contribution in [2.45, 2.75) is 48.9 Å². The fourth-order valence-corrected chi connectivity index (χ4v) is 5.54. The molecule has 1 saturated heterocycles. The zero-order valence-electron chi connectivity index (χ0n) is 19.8. The fourth-order valence-electron chi connectivity index (χ4n) is 3.64. The predicted octanol–water partition coefficient (Wildman–Crippen LogP) is 3.59. The van der Waals surface area contributed by atoms with Gasteiger partial charge in [-0.05, 0) is 31.9 Å². The second-order valence-corrected chi connectivity index (χ2v) is 11.1. The summed E-state index contributed by atoms with van der Waals surface area (Å²) in [6.45, 7) is 7.00. The van der Waals surface area contributed by atoms with E-state index in [1.54, 1.807) is 7.11 Å². The van der Waals surface area contributed by atoms with E-state index in [4.69, 9.17) is 9.57 Å². The van der Waals surface area contributed by atoms with Crippen molar-refractivity contribution in [1.29, 1.82) is 0 Å². The molecule has 1 aromatic heterocycles. The van der Waals surface area contributed by atoms with E-state index in [0.29, 0.717) is 30.8 Å². The van der Waals surface area contributed by atoms with E-state index in [-0.39, 0.29) is 11.6 Å². The Hall–Kier alpha value is -1.98. The Morgan fingerprint density at radius 2 is 2.15 bits per heavy atom. The molecule has 2 aliphatic rings. The third-order valence-corrected chi connectivity index (χ3v) is 7.76. The molecule has 4 rings (SSSR count). The zero-order chi connectivity index (χ0) is 23.8. The molecule has 1 saturated carbocycles. The van der Waals surface area contributed by atoms with Gasteiger partial charge in [-0.25, -0.2) is 4.98 Å². The van der Waals surface area contributed by atoms with Gasteiger partial charge in [0.2, 0.25) is 0 Å². The van der Waals surface area contributed by atoms with Crippen LogP contribution in [0.2, 0.25) is 0 Å². The Morgan fingerprint density at radius 1 is 1.32 bits per heavy atom. The summed E-state index contributed by atoms with van der Waals surface area (Å²) < 4.78 is 5.05. The van der Waals surface area contributed by atoms with E-state index in [1.807, 2.05) is 42.2 Å². The van der Waals surface area contributed by atoms with Crippen molar-refractivity contribution in [3.63, 3.8) is 0 Å². The van der Waals surface area contributed by atoms with Gasteiger partial charge in [0.15, 0.2) is 10.8 Å². The number of rotatable bonds is 12. The number of hydrogen-bond donors (Lipinski definition) is 2. The lowest BCUT2D eigenvalue weighted by Crippen LogP contribution is -2.48. The number of aromatic nitrogens is 1. The Labute approximate surface area is 209 Å². The first-order valence-corrected chi connectivity index (χ1v) is 13.5. The van der Waals surface area contributed by atoms with Crippen molar-refractivity contribution in [1.82, 2.24) is 15.2 Å². The lowest BCUT2D eigenvalue weighted by molar-refractivity contribution is -0.110. The van der Waals surface area contributed by atoms with Crippen LogP contribution in [0.4, 0.5) is 5.13 Å². The van der Waals surface area contributed by atoms with Gasteiger partial charge >= 0.3 is 0 Å². The maximum Gasteiger partial charge on any atom is 0.280 e. The van der Waals surface area contributed by atoms with Gasteiger partial charge in [0.05, 0.1) is 0 Å². The number of piperazine rings is 1. The number of amides is 1. The number of hydrogen-bond acceptors (Lipinski definition) is 9. The Balaban J connectivity index is 1.40. The van der Waals surface area contributed by atoms with Crippen molar-refractivity contribution >= 4 is 39.8 Å². The first kappa shape index (κ1) is 25.1. The molecule has 184 valence electrons. The summed E-state index contributed by atoms with van der Waals surface area (Å²) in [6.07, 6.45) is 5.10. The normalized spacial score (nSPS) is 19.2. The molecule has 1 amide bonds. The van der Waals surface area contributed by atoms with Crippen LogP contribution < -0.4 is 10.6 Å². The van der Waals surface area contributed by atoms with E-state index in [1.165, 1.54) is 29.1 Å². The Kier molecular flexibility index (Phi) is 9.34. The highest BCUT2D eigenvalue weighted by Crippen LogP contribution is 2.39. The number of ether oxygens (including phenoxy) is 1. The second kappa shape index (κ2) is 12.6. The lowest BCUT2D eigenvalue weighted by Gasteiger charge is -2.31. The van der Waals surface area contributed by atoms with Gasteiger partial charge in [-0.1, -0.05) is 17.3 Å². The topological polar surface area (TPSA) is 88.1 Å². The summed E-state index contributed by atoms with van der Waals surface area (Å²) in [7, 11) is 1.65. The van der Waals surface area contributed by atoms with Crippen molar-refractivity contribution < 1.29 is 14.4 Å². The molecule has 2 fully saturated rings. The molecule has 0 spiro atoms. The third-order valence-electron chi connectivity index (χ3n) is 5.52. The van der Waals surface area contributed by atoms with Crippen LogP contribution in [0.3, 0.4) is 0 Å². The molecule has 1 aromatic carbocycles. The molecule has 0 unspecified atom stereocenters. The molecular weight excluding hydrogens is 470 g/mol. The van der Waals surface area contributed by atoms with Crippen LogP contribution in [0.1, 0.15) is 36.6 Å². The third kappa shape index (κ3) is 7.78. The summed E-state index contributed by atoms with van der Waals surface area (Å²) >= 11 is 3.38. The molecule has 10 heteroatoms. The van der Waals surface area contributed by atoms with Crippen molar-refractivity contribution in [3.8, 4) is 0 Å². The molecule has 1 aliphatic carbocycles. The number of thiazole rings is 1. The smallest absolute Gasteiger partial charge is 0.280 e. The molecule has 2 N–H and O–H groups in total. The number of oxime groups is 1. The van der Waals surface area contributed by atoms with Gasteiger partial charge in [0, 0.05) is 79.1 Å². The second-order valence-electron chi connectivity index (χ2n) is 8.64. The zero-order valence-corrected chi connectivity index (χ0v) is 21.4. The fraction of sp³-hybridized carbons (Fsp3) is 0.542. The van der Waals surface area contributed by atoms with Crippen LogP contribution in [0.5, 0.6) is 0 Å². The highest BCUT2D eigenvalue weighted by Gasteiger charge is 2.23. The molecule has 1 aliphatic heterocycles. The number of carbonyl (C=O) groups excluding carboxylic acids is 1. The number of carbonyl (C=O) groups is 1. The summed E-state index contributed by atoms with van der Waals surface area (Å²) in [5.41, 5.74) is 0.962. The minimum atomic E-state index is -0.328. The first-order chi connectivity index (χ1) is 16.6.